The predicted octanol–water partition coefficient (Wildman–Crippen LogP) is 2.11. The molecule has 1 aliphatic rings. The molecule has 2 rings (SSSR count). The third kappa shape index (κ3) is 1.95. The number of hydrogen-bond donors (Lipinski definition) is 0. The molecule has 0 amide bonds. The van der Waals surface area contributed by atoms with Crippen molar-refractivity contribution in [2.24, 2.45) is 0 Å². The van der Waals surface area contributed by atoms with Gasteiger partial charge in [0, 0.05) is 12.8 Å². The second kappa shape index (κ2) is 3.71. The fourth-order valence-corrected chi connectivity index (χ4v) is 1.56. The highest BCUT2D eigenvalue weighted by atomic mass is 16.5. The van der Waals surface area contributed by atoms with Crippen molar-refractivity contribution < 1.29 is 9.53 Å². The fraction of sp³-hybridized carbons (Fsp3) is 0.364. The minimum Gasteiger partial charge on any atom is -0.373 e. The molecule has 0 spiro atoms. The molecule has 68 valence electrons. The number of carbonyl (C=O) groups excluding carboxylic acids is 1. The third-order valence-corrected chi connectivity index (χ3v) is 2.28. The Bertz CT molecular complexity index is 292. The van der Waals surface area contributed by atoms with Gasteiger partial charge < -0.3 is 4.74 Å². The summed E-state index contributed by atoms with van der Waals surface area (Å²) in [6.07, 6.45) is 1.09. The van der Waals surface area contributed by atoms with Crippen molar-refractivity contribution in [1.82, 2.24) is 0 Å². The van der Waals surface area contributed by atoms with Crippen molar-refractivity contribution in [2.75, 3.05) is 6.61 Å². The Morgan fingerprint density at radius 3 is 2.69 bits per heavy atom. The lowest BCUT2D eigenvalue weighted by atomic mass is 10.0. The van der Waals surface area contributed by atoms with Gasteiger partial charge in [0.1, 0.15) is 5.78 Å². The van der Waals surface area contributed by atoms with E-state index in [0.29, 0.717) is 25.2 Å². The van der Waals surface area contributed by atoms with Crippen molar-refractivity contribution in [3.05, 3.63) is 35.9 Å². The minimum atomic E-state index is -0.0116. The van der Waals surface area contributed by atoms with Crippen LogP contribution in [0.2, 0.25) is 0 Å². The maximum absolute atomic E-state index is 11.2. The topological polar surface area (TPSA) is 26.3 Å². The largest absolute Gasteiger partial charge is 0.373 e. The summed E-state index contributed by atoms with van der Waals surface area (Å²) in [6, 6.07) is 9.91. The molecule has 1 saturated heterocycles. The lowest BCUT2D eigenvalue weighted by molar-refractivity contribution is -0.128. The highest BCUT2D eigenvalue weighted by Gasteiger charge is 2.20. The summed E-state index contributed by atoms with van der Waals surface area (Å²) in [5.41, 5.74) is 1.11. The van der Waals surface area contributed by atoms with Crippen LogP contribution in [-0.2, 0) is 9.53 Å². The van der Waals surface area contributed by atoms with Gasteiger partial charge in [0.15, 0.2) is 0 Å². The van der Waals surface area contributed by atoms with E-state index in [9.17, 15) is 4.79 Å². The van der Waals surface area contributed by atoms with Crippen LogP contribution in [0.5, 0.6) is 0 Å². The van der Waals surface area contributed by atoms with E-state index in [-0.39, 0.29) is 6.10 Å². The average Bonchev–Trinajstić information content (AvgIpc) is 2.19. The van der Waals surface area contributed by atoms with Crippen LogP contribution in [0, 0.1) is 0 Å². The Morgan fingerprint density at radius 1 is 1.23 bits per heavy atom. The molecule has 0 N–H and O–H groups in total. The summed E-state index contributed by atoms with van der Waals surface area (Å²) in [5, 5.41) is 0. The number of hydrogen-bond acceptors (Lipinski definition) is 2. The number of Topliss-reactive ketones (excluding diaryl/α,β-unsaturated/α-hetero) is 1. The molecule has 1 heterocycles. The Kier molecular flexibility index (Phi) is 2.41. The highest BCUT2D eigenvalue weighted by molar-refractivity contribution is 5.79. The first kappa shape index (κ1) is 8.45. The lowest BCUT2D eigenvalue weighted by Crippen LogP contribution is -2.19. The first-order valence-electron chi connectivity index (χ1n) is 4.54. The number of benzene rings is 1. The van der Waals surface area contributed by atoms with Crippen molar-refractivity contribution in [3.63, 3.8) is 0 Å². The molecule has 0 aliphatic carbocycles. The molecule has 0 aromatic heterocycles. The molecule has 1 aromatic carbocycles. The van der Waals surface area contributed by atoms with Gasteiger partial charge in [-0.3, -0.25) is 4.79 Å². The monoisotopic (exact) mass is 176 g/mol. The first-order chi connectivity index (χ1) is 6.36. The summed E-state index contributed by atoms with van der Waals surface area (Å²) < 4.78 is 5.51. The Labute approximate surface area is 77.5 Å². The Balaban J connectivity index is 2.13. The molecule has 2 heteroatoms. The van der Waals surface area contributed by atoms with Crippen LogP contribution >= 0.6 is 0 Å². The molecule has 0 bridgehead atoms. The van der Waals surface area contributed by atoms with E-state index in [4.69, 9.17) is 4.74 Å². The van der Waals surface area contributed by atoms with Gasteiger partial charge in [-0.25, -0.2) is 0 Å². The zero-order chi connectivity index (χ0) is 9.10. The van der Waals surface area contributed by atoms with Crippen LogP contribution in [0.1, 0.15) is 24.5 Å². The summed E-state index contributed by atoms with van der Waals surface area (Å²) in [6.45, 7) is 0.568. The Morgan fingerprint density at radius 2 is 2.00 bits per heavy atom. The van der Waals surface area contributed by atoms with Gasteiger partial charge in [0.25, 0.3) is 0 Å². The summed E-state index contributed by atoms with van der Waals surface area (Å²) in [5.74, 6) is 0.306. The molecular weight excluding hydrogens is 164 g/mol. The predicted molar refractivity (Wildman–Crippen MR) is 49.4 cm³/mol. The molecule has 1 atom stereocenters. The van der Waals surface area contributed by atoms with Crippen molar-refractivity contribution in [2.45, 2.75) is 18.9 Å². The number of ketones is 1. The van der Waals surface area contributed by atoms with Gasteiger partial charge in [-0.05, 0) is 5.56 Å². The molecule has 1 aliphatic heterocycles. The molecule has 1 unspecified atom stereocenters. The van der Waals surface area contributed by atoms with Crippen molar-refractivity contribution >= 4 is 5.78 Å². The average molecular weight is 176 g/mol. The van der Waals surface area contributed by atoms with E-state index < -0.39 is 0 Å². The van der Waals surface area contributed by atoms with Crippen molar-refractivity contribution in [3.8, 4) is 0 Å². The summed E-state index contributed by atoms with van der Waals surface area (Å²) in [4.78, 5) is 11.2. The van der Waals surface area contributed by atoms with Gasteiger partial charge in [-0.2, -0.15) is 0 Å². The lowest BCUT2D eigenvalue weighted by Gasteiger charge is -2.21. The van der Waals surface area contributed by atoms with Crippen LogP contribution in [-0.4, -0.2) is 12.4 Å². The van der Waals surface area contributed by atoms with E-state index >= 15 is 0 Å². The maximum atomic E-state index is 11.2. The standard InChI is InChI=1S/C11H12O2/c12-10-6-7-13-11(8-10)9-4-2-1-3-5-9/h1-5,11H,6-8H2. The zero-order valence-corrected chi connectivity index (χ0v) is 7.40. The molecule has 0 radical (unpaired) electrons. The molecule has 2 nitrogen and oxygen atoms in total. The number of carbonyl (C=O) groups is 1. The maximum Gasteiger partial charge on any atom is 0.138 e. The van der Waals surface area contributed by atoms with Crippen LogP contribution < -0.4 is 0 Å². The van der Waals surface area contributed by atoms with E-state index in [2.05, 4.69) is 0 Å². The number of rotatable bonds is 1. The SMILES string of the molecule is O=C1CCOC(c2ccccc2)C1. The Hall–Kier alpha value is -1.15. The molecule has 1 aromatic rings. The minimum absolute atomic E-state index is 0.0116. The van der Waals surface area contributed by atoms with Crippen LogP contribution in [0.25, 0.3) is 0 Å². The van der Waals surface area contributed by atoms with Gasteiger partial charge in [0.05, 0.1) is 12.7 Å². The van der Waals surface area contributed by atoms with Gasteiger partial charge >= 0.3 is 0 Å². The van der Waals surface area contributed by atoms with E-state index in [0.717, 1.165) is 5.56 Å². The smallest absolute Gasteiger partial charge is 0.138 e. The second-order valence-corrected chi connectivity index (χ2v) is 3.26. The van der Waals surface area contributed by atoms with Crippen LogP contribution in [0.3, 0.4) is 0 Å². The van der Waals surface area contributed by atoms with Gasteiger partial charge in [-0.15, -0.1) is 0 Å². The number of ether oxygens (including phenoxy) is 1. The molecular formula is C11H12O2. The summed E-state index contributed by atoms with van der Waals surface area (Å²) >= 11 is 0. The van der Waals surface area contributed by atoms with Crippen LogP contribution in [0.4, 0.5) is 0 Å². The third-order valence-electron chi connectivity index (χ3n) is 2.28. The molecule has 1 fully saturated rings. The zero-order valence-electron chi connectivity index (χ0n) is 7.40. The second-order valence-electron chi connectivity index (χ2n) is 3.26. The van der Waals surface area contributed by atoms with Crippen molar-refractivity contribution in [1.29, 1.82) is 0 Å². The normalized spacial score (nSPS) is 23.1. The highest BCUT2D eigenvalue weighted by Crippen LogP contribution is 2.25. The summed E-state index contributed by atoms with van der Waals surface area (Å²) in [7, 11) is 0. The van der Waals surface area contributed by atoms with Gasteiger partial charge in [0.2, 0.25) is 0 Å². The first-order valence-corrected chi connectivity index (χ1v) is 4.54. The van der Waals surface area contributed by atoms with Crippen LogP contribution in [0.15, 0.2) is 30.3 Å². The quantitative estimate of drug-likeness (QED) is 0.655. The van der Waals surface area contributed by atoms with Gasteiger partial charge in [-0.1, -0.05) is 30.3 Å². The molecule has 13 heavy (non-hydrogen) atoms. The molecule has 0 saturated carbocycles. The fourth-order valence-electron chi connectivity index (χ4n) is 1.56. The van der Waals surface area contributed by atoms with E-state index in [1.165, 1.54) is 0 Å². The van der Waals surface area contributed by atoms with E-state index in [1.54, 1.807) is 0 Å². The van der Waals surface area contributed by atoms with E-state index in [1.807, 2.05) is 30.3 Å².